The van der Waals surface area contributed by atoms with Crippen LogP contribution in [-0.2, 0) is 0 Å². The lowest BCUT2D eigenvalue weighted by Gasteiger charge is -2.07. The molecule has 0 aromatic heterocycles. The van der Waals surface area contributed by atoms with Crippen LogP contribution >= 0.6 is 50.7 Å². The van der Waals surface area contributed by atoms with Crippen molar-refractivity contribution in [1.29, 1.82) is 0 Å². The molecule has 0 amide bonds. The summed E-state index contributed by atoms with van der Waals surface area (Å²) in [5, 5.41) is 1.25. The average Bonchev–Trinajstić information content (AvgIpc) is 2.01. The van der Waals surface area contributed by atoms with Gasteiger partial charge in [-0.05, 0) is 22.0 Å². The molecule has 0 aliphatic carbocycles. The Balaban J connectivity index is 3.40. The molecule has 1 rings (SSSR count). The van der Waals surface area contributed by atoms with Crippen LogP contribution in [0.25, 0.3) is 0 Å². The minimum absolute atomic E-state index is 0.384. The third-order valence-corrected chi connectivity index (χ3v) is 3.50. The molecule has 5 heteroatoms. The molecule has 0 heterocycles. The largest absolute Gasteiger partial charge is 0.494 e. The summed E-state index contributed by atoms with van der Waals surface area (Å²) in [6, 6.07) is 1.57. The van der Waals surface area contributed by atoms with Crippen LogP contribution < -0.4 is 4.74 Å². The zero-order valence-corrected chi connectivity index (χ0v) is 9.85. The number of hydrogen-bond acceptors (Lipinski definition) is 1. The maximum absolute atomic E-state index is 5.86. The molecule has 12 heavy (non-hydrogen) atoms. The second-order valence-electron chi connectivity index (χ2n) is 2.00. The summed E-state index contributed by atoms with van der Waals surface area (Å²) in [6.45, 7) is 0. The van der Waals surface area contributed by atoms with Crippen LogP contribution in [0.4, 0.5) is 0 Å². The molecule has 0 fully saturated rings. The van der Waals surface area contributed by atoms with Crippen molar-refractivity contribution in [1.82, 2.24) is 0 Å². The van der Waals surface area contributed by atoms with E-state index in [1.54, 1.807) is 6.07 Å². The topological polar surface area (TPSA) is 9.23 Å². The van der Waals surface area contributed by atoms with E-state index in [4.69, 9.17) is 39.5 Å². The molecule has 0 saturated carbocycles. The highest BCUT2D eigenvalue weighted by atomic mass is 79.9. The molecule has 0 radical (unpaired) electrons. The summed E-state index contributed by atoms with van der Waals surface area (Å²) in [5.41, 5.74) is 0. The van der Waals surface area contributed by atoms with Gasteiger partial charge in [-0.1, -0.05) is 34.8 Å². The van der Waals surface area contributed by atoms with Crippen molar-refractivity contribution in [3.63, 3.8) is 0 Å². The minimum atomic E-state index is 0.384. The minimum Gasteiger partial charge on any atom is -0.494 e. The highest BCUT2D eigenvalue weighted by molar-refractivity contribution is 9.10. The predicted molar refractivity (Wildman–Crippen MR) is 55.7 cm³/mol. The smallest absolute Gasteiger partial charge is 0.157 e. The van der Waals surface area contributed by atoms with Crippen LogP contribution in [0.1, 0.15) is 0 Å². The molecule has 1 nitrogen and oxygen atoms in total. The number of methoxy groups -OCH3 is 1. The second kappa shape index (κ2) is 4.05. The molecular weight excluding hydrogens is 286 g/mol. The zero-order valence-electron chi connectivity index (χ0n) is 6.00. The molecule has 0 spiro atoms. The lowest BCUT2D eigenvalue weighted by Crippen LogP contribution is -1.86. The third-order valence-electron chi connectivity index (χ3n) is 1.28. The summed E-state index contributed by atoms with van der Waals surface area (Å²) >= 11 is 20.6. The Hall–Kier alpha value is 0.370. The van der Waals surface area contributed by atoms with E-state index < -0.39 is 0 Å². The van der Waals surface area contributed by atoms with Gasteiger partial charge in [0.05, 0.1) is 26.7 Å². The lowest BCUT2D eigenvalue weighted by atomic mass is 10.3. The molecule has 0 aliphatic rings. The molecule has 0 bridgehead atoms. The van der Waals surface area contributed by atoms with E-state index in [1.807, 2.05) is 0 Å². The van der Waals surface area contributed by atoms with Gasteiger partial charge in [0.1, 0.15) is 0 Å². The van der Waals surface area contributed by atoms with E-state index in [9.17, 15) is 0 Å². The monoisotopic (exact) mass is 288 g/mol. The van der Waals surface area contributed by atoms with Gasteiger partial charge in [-0.25, -0.2) is 0 Å². The van der Waals surface area contributed by atoms with E-state index in [-0.39, 0.29) is 0 Å². The fourth-order valence-electron chi connectivity index (χ4n) is 0.737. The van der Waals surface area contributed by atoms with Crippen molar-refractivity contribution in [2.75, 3.05) is 7.11 Å². The number of halogens is 4. The van der Waals surface area contributed by atoms with Crippen molar-refractivity contribution in [2.24, 2.45) is 0 Å². The highest BCUT2D eigenvalue weighted by Crippen LogP contribution is 2.42. The van der Waals surface area contributed by atoms with E-state index >= 15 is 0 Å². The van der Waals surface area contributed by atoms with Gasteiger partial charge in [0.2, 0.25) is 0 Å². The SMILES string of the molecule is COc1c(Cl)cc(Cl)c(Br)c1Cl. The fraction of sp³-hybridized carbons (Fsp3) is 0.143. The van der Waals surface area contributed by atoms with Gasteiger partial charge in [-0.2, -0.15) is 0 Å². The summed E-state index contributed by atoms with van der Waals surface area (Å²) < 4.78 is 5.55. The summed E-state index contributed by atoms with van der Waals surface area (Å²) in [4.78, 5) is 0. The van der Waals surface area contributed by atoms with Crippen LogP contribution in [0.15, 0.2) is 10.5 Å². The van der Waals surface area contributed by atoms with Crippen molar-refractivity contribution in [2.45, 2.75) is 0 Å². The van der Waals surface area contributed by atoms with E-state index in [1.165, 1.54) is 7.11 Å². The van der Waals surface area contributed by atoms with E-state index in [0.717, 1.165) is 0 Å². The Morgan fingerprint density at radius 2 is 1.83 bits per heavy atom. The first-order valence-electron chi connectivity index (χ1n) is 2.95. The summed E-state index contributed by atoms with van der Waals surface area (Å²) in [7, 11) is 1.49. The van der Waals surface area contributed by atoms with Crippen LogP contribution in [-0.4, -0.2) is 7.11 Å². The normalized spacial score (nSPS) is 10.1. The van der Waals surface area contributed by atoms with Crippen LogP contribution in [0.2, 0.25) is 15.1 Å². The Morgan fingerprint density at radius 3 is 2.33 bits per heavy atom. The molecular formula is C7H4BrCl3O. The third kappa shape index (κ3) is 1.82. The van der Waals surface area contributed by atoms with Gasteiger partial charge in [-0.15, -0.1) is 0 Å². The van der Waals surface area contributed by atoms with Gasteiger partial charge in [0.25, 0.3) is 0 Å². The molecule has 0 unspecified atom stereocenters. The first-order valence-corrected chi connectivity index (χ1v) is 4.87. The van der Waals surface area contributed by atoms with Gasteiger partial charge >= 0.3 is 0 Å². The maximum atomic E-state index is 5.86. The first-order chi connectivity index (χ1) is 5.57. The van der Waals surface area contributed by atoms with Crippen LogP contribution in [0.3, 0.4) is 0 Å². The first kappa shape index (κ1) is 10.5. The van der Waals surface area contributed by atoms with E-state index in [0.29, 0.717) is 25.3 Å². The standard InChI is InChI=1S/C7H4BrCl3O/c1-12-7-4(10)2-3(9)5(8)6(7)11/h2H,1H3. The maximum Gasteiger partial charge on any atom is 0.157 e. The number of rotatable bonds is 1. The molecule has 66 valence electrons. The predicted octanol–water partition coefficient (Wildman–Crippen LogP) is 4.42. The zero-order chi connectivity index (χ0) is 9.30. The quantitative estimate of drug-likeness (QED) is 0.549. The molecule has 1 aromatic rings. The number of ether oxygens (including phenoxy) is 1. The van der Waals surface area contributed by atoms with Gasteiger partial charge in [0.15, 0.2) is 5.75 Å². The van der Waals surface area contributed by atoms with Gasteiger partial charge in [0, 0.05) is 0 Å². The van der Waals surface area contributed by atoms with Gasteiger partial charge in [-0.3, -0.25) is 0 Å². The van der Waals surface area contributed by atoms with Crippen molar-refractivity contribution in [3.05, 3.63) is 25.6 Å². The molecule has 1 aromatic carbocycles. The molecule has 0 saturated heterocycles. The van der Waals surface area contributed by atoms with Crippen LogP contribution in [0, 0.1) is 0 Å². The van der Waals surface area contributed by atoms with E-state index in [2.05, 4.69) is 15.9 Å². The second-order valence-corrected chi connectivity index (χ2v) is 3.99. The Kier molecular flexibility index (Phi) is 3.53. The molecule has 0 atom stereocenters. The van der Waals surface area contributed by atoms with Crippen LogP contribution in [0.5, 0.6) is 5.75 Å². The molecule has 0 aliphatic heterocycles. The van der Waals surface area contributed by atoms with Gasteiger partial charge < -0.3 is 4.74 Å². The Bertz CT molecular complexity index is 314. The fourth-order valence-corrected chi connectivity index (χ4v) is 1.95. The Morgan fingerprint density at radius 1 is 1.25 bits per heavy atom. The van der Waals surface area contributed by atoms with Crippen molar-refractivity contribution in [3.8, 4) is 5.75 Å². The number of hydrogen-bond donors (Lipinski definition) is 0. The Labute approximate surface area is 93.7 Å². The van der Waals surface area contributed by atoms with Crippen molar-refractivity contribution < 1.29 is 4.74 Å². The highest BCUT2D eigenvalue weighted by Gasteiger charge is 2.13. The summed E-state index contributed by atoms with van der Waals surface area (Å²) in [5.74, 6) is 0.426. The molecule has 0 N–H and O–H groups in total. The number of benzene rings is 1. The average molecular weight is 290 g/mol. The lowest BCUT2D eigenvalue weighted by molar-refractivity contribution is 0.415. The summed E-state index contributed by atoms with van der Waals surface area (Å²) in [6.07, 6.45) is 0. The van der Waals surface area contributed by atoms with Crippen molar-refractivity contribution >= 4 is 50.7 Å².